The normalized spacial score (nSPS) is 11.3. The van der Waals surface area contributed by atoms with Gasteiger partial charge in [0.2, 0.25) is 5.75 Å². The van der Waals surface area contributed by atoms with Crippen LogP contribution in [0.15, 0.2) is 6.07 Å². The van der Waals surface area contributed by atoms with Crippen LogP contribution in [0.3, 0.4) is 0 Å². The molecule has 0 spiro atoms. The van der Waals surface area contributed by atoms with Crippen molar-refractivity contribution in [2.24, 2.45) is 11.8 Å². The molecule has 0 saturated heterocycles. The average Bonchev–Trinajstić information content (AvgIpc) is 2.45. The molecule has 22 heavy (non-hydrogen) atoms. The maximum atomic E-state index is 10.3. The lowest BCUT2D eigenvalue weighted by molar-refractivity contribution is 0.336. The molecule has 0 aromatic heterocycles. The molecule has 1 rings (SSSR count). The van der Waals surface area contributed by atoms with E-state index in [0.29, 0.717) is 23.3 Å². The first-order chi connectivity index (χ1) is 10.4. The maximum absolute atomic E-state index is 10.3. The van der Waals surface area contributed by atoms with E-state index in [1.54, 1.807) is 14.2 Å². The molecule has 0 bridgehead atoms. The Bertz CT molecular complexity index is 464. The van der Waals surface area contributed by atoms with Crippen LogP contribution in [0.2, 0.25) is 0 Å². The molecule has 124 valence electrons. The molecule has 0 aliphatic carbocycles. The summed E-state index contributed by atoms with van der Waals surface area (Å²) >= 11 is 0. The van der Waals surface area contributed by atoms with Crippen molar-refractivity contribution in [2.45, 2.75) is 53.4 Å². The van der Waals surface area contributed by atoms with Gasteiger partial charge in [-0.3, -0.25) is 0 Å². The van der Waals surface area contributed by atoms with Crippen molar-refractivity contribution in [1.29, 1.82) is 0 Å². The van der Waals surface area contributed by atoms with E-state index in [9.17, 15) is 5.11 Å². The van der Waals surface area contributed by atoms with Gasteiger partial charge in [0, 0.05) is 12.0 Å². The molecule has 0 aliphatic rings. The minimum absolute atomic E-state index is 0.0816. The third-order valence-electron chi connectivity index (χ3n) is 3.76. The van der Waals surface area contributed by atoms with Crippen LogP contribution < -0.4 is 9.47 Å². The van der Waals surface area contributed by atoms with Gasteiger partial charge in [-0.15, -0.1) is 0 Å². The van der Waals surface area contributed by atoms with Gasteiger partial charge >= 0.3 is 0 Å². The Morgan fingerprint density at radius 1 is 1.05 bits per heavy atom. The fourth-order valence-electron chi connectivity index (χ4n) is 2.37. The first kappa shape index (κ1) is 18.7. The van der Waals surface area contributed by atoms with Crippen LogP contribution in [0.1, 0.15) is 58.1 Å². The number of methoxy groups -OCH3 is 2. The number of benzene rings is 1. The number of ether oxygens (including phenoxy) is 2. The molecule has 3 heteroatoms. The summed E-state index contributed by atoms with van der Waals surface area (Å²) in [4.78, 5) is 0. The number of hydrogen-bond donors (Lipinski definition) is 1. The Balaban J connectivity index is 3.12. The molecule has 0 amide bonds. The molecule has 0 fully saturated rings. The average molecular weight is 306 g/mol. The summed E-state index contributed by atoms with van der Waals surface area (Å²) in [5, 5.41) is 10.3. The van der Waals surface area contributed by atoms with Gasteiger partial charge < -0.3 is 14.6 Å². The standard InChI is InChI=1S/C19H30O3/c1-13(2)8-7-9-15-12-17(21-5)18(20)19(22-6)16(15)11-10-14(3)4/h12-14,20H,7-8,10-11H2,1-6H3. The molecule has 0 atom stereocenters. The van der Waals surface area contributed by atoms with Crippen molar-refractivity contribution in [2.75, 3.05) is 14.2 Å². The van der Waals surface area contributed by atoms with E-state index in [1.165, 1.54) is 0 Å². The highest BCUT2D eigenvalue weighted by atomic mass is 16.5. The first-order valence-corrected chi connectivity index (χ1v) is 8.11. The van der Waals surface area contributed by atoms with Crippen LogP contribution in [0.25, 0.3) is 0 Å². The highest BCUT2D eigenvalue weighted by Gasteiger charge is 2.19. The highest BCUT2D eigenvalue weighted by molar-refractivity contribution is 5.60. The lowest BCUT2D eigenvalue weighted by Crippen LogP contribution is -2.03. The summed E-state index contributed by atoms with van der Waals surface area (Å²) in [5.74, 6) is 2.28. The molecule has 0 saturated carbocycles. The number of hydrogen-bond acceptors (Lipinski definition) is 3. The number of phenolic OH excluding ortho intramolecular Hbond substituents is 1. The summed E-state index contributed by atoms with van der Waals surface area (Å²) in [6.07, 6.45) is 7.36. The molecule has 0 aliphatic heterocycles. The van der Waals surface area contributed by atoms with Crippen molar-refractivity contribution in [3.63, 3.8) is 0 Å². The van der Waals surface area contributed by atoms with Gasteiger partial charge in [-0.2, -0.15) is 0 Å². The van der Waals surface area contributed by atoms with E-state index in [-0.39, 0.29) is 5.75 Å². The third kappa shape index (κ3) is 5.11. The van der Waals surface area contributed by atoms with Crippen molar-refractivity contribution in [1.82, 2.24) is 0 Å². The lowest BCUT2D eigenvalue weighted by Gasteiger charge is -2.18. The van der Waals surface area contributed by atoms with Crippen LogP contribution in [-0.2, 0) is 6.42 Å². The van der Waals surface area contributed by atoms with Crippen LogP contribution in [0, 0.1) is 18.3 Å². The molecule has 1 N–H and O–H groups in total. The molecular formula is C19H30O3. The maximum Gasteiger partial charge on any atom is 0.201 e. The molecule has 3 nitrogen and oxygen atoms in total. The van der Waals surface area contributed by atoms with Crippen LogP contribution in [-0.4, -0.2) is 19.3 Å². The Morgan fingerprint density at radius 3 is 2.18 bits per heavy atom. The van der Waals surface area contributed by atoms with Crippen LogP contribution >= 0.6 is 0 Å². The van der Waals surface area contributed by atoms with E-state index < -0.39 is 0 Å². The van der Waals surface area contributed by atoms with Gasteiger partial charge in [-0.25, -0.2) is 0 Å². The largest absolute Gasteiger partial charge is 0.502 e. The fraction of sp³-hybridized carbons (Fsp3) is 0.632. The molecule has 1 aromatic rings. The third-order valence-corrected chi connectivity index (χ3v) is 3.76. The zero-order chi connectivity index (χ0) is 16.7. The first-order valence-electron chi connectivity index (χ1n) is 8.11. The summed E-state index contributed by atoms with van der Waals surface area (Å²) in [5.41, 5.74) is 2.02. The van der Waals surface area contributed by atoms with E-state index in [4.69, 9.17) is 9.47 Å². The molecule has 0 heterocycles. The zero-order valence-electron chi connectivity index (χ0n) is 14.8. The monoisotopic (exact) mass is 306 g/mol. The minimum atomic E-state index is 0.0816. The quantitative estimate of drug-likeness (QED) is 0.708. The summed E-state index contributed by atoms with van der Waals surface area (Å²) in [6.45, 7) is 8.81. The van der Waals surface area contributed by atoms with Gasteiger partial charge in [0.05, 0.1) is 14.2 Å². The van der Waals surface area contributed by atoms with E-state index >= 15 is 0 Å². The predicted octanol–water partition coefficient (Wildman–Crippen LogP) is 4.86. The van der Waals surface area contributed by atoms with E-state index in [0.717, 1.165) is 36.8 Å². The summed E-state index contributed by atoms with van der Waals surface area (Å²) in [7, 11) is 3.14. The highest BCUT2D eigenvalue weighted by Crippen LogP contribution is 2.42. The Kier molecular flexibility index (Phi) is 7.57. The van der Waals surface area contributed by atoms with Gasteiger partial charge in [-0.1, -0.05) is 34.1 Å². The minimum Gasteiger partial charge on any atom is -0.502 e. The molecule has 2 radical (unpaired) electrons. The Labute approximate surface area is 135 Å². The van der Waals surface area contributed by atoms with Gasteiger partial charge in [0.15, 0.2) is 11.5 Å². The number of aromatic hydroxyl groups is 1. The topological polar surface area (TPSA) is 38.7 Å². The van der Waals surface area contributed by atoms with Crippen LogP contribution in [0.4, 0.5) is 0 Å². The number of phenols is 1. The second-order valence-corrected chi connectivity index (χ2v) is 6.53. The smallest absolute Gasteiger partial charge is 0.201 e. The number of rotatable bonds is 9. The SMILES string of the molecule is COc1cc([C]CCC(C)C)c(CCC(C)C)c(OC)c1O. The summed E-state index contributed by atoms with van der Waals surface area (Å²) in [6, 6.07) is 1.87. The van der Waals surface area contributed by atoms with E-state index in [1.807, 2.05) is 6.07 Å². The Morgan fingerprint density at radius 2 is 1.68 bits per heavy atom. The van der Waals surface area contributed by atoms with Crippen molar-refractivity contribution >= 4 is 0 Å². The zero-order valence-corrected chi connectivity index (χ0v) is 14.8. The van der Waals surface area contributed by atoms with Crippen molar-refractivity contribution in [3.8, 4) is 17.2 Å². The summed E-state index contributed by atoms with van der Waals surface area (Å²) < 4.78 is 10.7. The second kappa shape index (κ2) is 8.92. The van der Waals surface area contributed by atoms with Crippen molar-refractivity contribution in [3.05, 3.63) is 23.6 Å². The van der Waals surface area contributed by atoms with Crippen molar-refractivity contribution < 1.29 is 14.6 Å². The predicted molar refractivity (Wildman–Crippen MR) is 90.8 cm³/mol. The molecule has 1 aromatic carbocycles. The van der Waals surface area contributed by atoms with E-state index in [2.05, 4.69) is 34.1 Å². The fourth-order valence-corrected chi connectivity index (χ4v) is 2.37. The molecular weight excluding hydrogens is 276 g/mol. The molecule has 0 unspecified atom stereocenters. The van der Waals surface area contributed by atoms with Gasteiger partial charge in [-0.05, 0) is 42.7 Å². The van der Waals surface area contributed by atoms with Gasteiger partial charge in [0.1, 0.15) is 0 Å². The Hall–Kier alpha value is -1.38. The van der Waals surface area contributed by atoms with Crippen LogP contribution in [0.5, 0.6) is 17.2 Å². The van der Waals surface area contributed by atoms with Gasteiger partial charge in [0.25, 0.3) is 0 Å². The lowest BCUT2D eigenvalue weighted by atomic mass is 9.93. The second-order valence-electron chi connectivity index (χ2n) is 6.53.